The SMILES string of the molecule is C=CC(=O)NC.CC.[HH].c1ccc([C@@H]2CCCO2)cc1. The maximum absolute atomic E-state index is 9.95. The van der Waals surface area contributed by atoms with Gasteiger partial charge in [-0.05, 0) is 24.5 Å². The number of carbonyl (C=O) groups is 1. The van der Waals surface area contributed by atoms with Gasteiger partial charge in [0, 0.05) is 15.1 Å². The summed E-state index contributed by atoms with van der Waals surface area (Å²) in [6.07, 6.45) is 3.99. The van der Waals surface area contributed by atoms with Crippen molar-refractivity contribution >= 4 is 5.91 Å². The third-order valence-corrected chi connectivity index (χ3v) is 2.53. The molecular formula is C16H27NO2. The average molecular weight is 265 g/mol. The second kappa shape index (κ2) is 11.5. The number of carbonyl (C=O) groups excluding carboxylic acids is 1. The molecule has 1 fully saturated rings. The molecular weight excluding hydrogens is 238 g/mol. The number of rotatable bonds is 2. The third-order valence-electron chi connectivity index (χ3n) is 2.53. The Morgan fingerprint density at radius 3 is 2.42 bits per heavy atom. The molecule has 19 heavy (non-hydrogen) atoms. The van der Waals surface area contributed by atoms with Crippen LogP contribution in [0.4, 0.5) is 0 Å². The highest BCUT2D eigenvalue weighted by atomic mass is 16.5. The first kappa shape index (κ1) is 17.4. The van der Waals surface area contributed by atoms with E-state index >= 15 is 0 Å². The highest BCUT2D eigenvalue weighted by Gasteiger charge is 2.16. The minimum Gasteiger partial charge on any atom is -0.374 e. The fraction of sp³-hybridized carbons (Fsp3) is 0.438. The van der Waals surface area contributed by atoms with Crippen LogP contribution in [0.2, 0.25) is 0 Å². The molecule has 0 spiro atoms. The van der Waals surface area contributed by atoms with Crippen molar-refractivity contribution in [2.24, 2.45) is 0 Å². The van der Waals surface area contributed by atoms with Gasteiger partial charge < -0.3 is 10.1 Å². The molecule has 1 atom stereocenters. The van der Waals surface area contributed by atoms with Crippen molar-refractivity contribution in [3.8, 4) is 0 Å². The molecule has 0 saturated carbocycles. The lowest BCUT2D eigenvalue weighted by molar-refractivity contribution is -0.116. The van der Waals surface area contributed by atoms with E-state index in [9.17, 15) is 4.79 Å². The molecule has 1 saturated heterocycles. The van der Waals surface area contributed by atoms with Gasteiger partial charge in [0.2, 0.25) is 5.91 Å². The van der Waals surface area contributed by atoms with E-state index in [0.717, 1.165) is 6.61 Å². The molecule has 1 N–H and O–H groups in total. The molecule has 108 valence electrons. The van der Waals surface area contributed by atoms with Gasteiger partial charge in [-0.3, -0.25) is 4.79 Å². The normalized spacial score (nSPS) is 16.3. The quantitative estimate of drug-likeness (QED) is 0.827. The largest absolute Gasteiger partial charge is 0.374 e. The first-order valence-electron chi connectivity index (χ1n) is 6.78. The predicted molar refractivity (Wildman–Crippen MR) is 82.1 cm³/mol. The highest BCUT2D eigenvalue weighted by molar-refractivity contribution is 5.86. The maximum Gasteiger partial charge on any atom is 0.243 e. The second-order valence-electron chi connectivity index (χ2n) is 3.73. The van der Waals surface area contributed by atoms with E-state index in [-0.39, 0.29) is 7.33 Å². The summed E-state index contributed by atoms with van der Waals surface area (Å²) >= 11 is 0. The number of likely N-dealkylation sites (N-methyl/N-ethyl adjacent to an activating group) is 1. The van der Waals surface area contributed by atoms with Crippen molar-refractivity contribution in [1.29, 1.82) is 0 Å². The van der Waals surface area contributed by atoms with E-state index in [2.05, 4.69) is 36.2 Å². The first-order valence-corrected chi connectivity index (χ1v) is 6.78. The van der Waals surface area contributed by atoms with E-state index in [1.54, 1.807) is 7.05 Å². The van der Waals surface area contributed by atoms with Gasteiger partial charge >= 0.3 is 0 Å². The summed E-state index contributed by atoms with van der Waals surface area (Å²) in [5.41, 5.74) is 1.32. The average Bonchev–Trinajstić information content (AvgIpc) is 3.04. The number of amides is 1. The van der Waals surface area contributed by atoms with Crippen molar-refractivity contribution in [2.75, 3.05) is 13.7 Å². The Balaban J connectivity index is 0. The fourth-order valence-corrected chi connectivity index (χ4v) is 1.61. The highest BCUT2D eigenvalue weighted by Crippen LogP contribution is 2.27. The summed E-state index contributed by atoms with van der Waals surface area (Å²) in [6.45, 7) is 8.15. The molecule has 3 nitrogen and oxygen atoms in total. The Labute approximate surface area is 118 Å². The summed E-state index contributed by atoms with van der Waals surface area (Å²) in [4.78, 5) is 9.95. The standard InChI is InChI=1S/C10H12O.C4H7NO.C2H6.H2/c1-2-5-9(6-3-1)10-7-4-8-11-10;1-3-4(6)5-2;1-2;/h1-3,5-6,10H,4,7-8H2;3H,1H2,2H3,(H,5,6);1-2H3;1H/t10-;;;/m0.../s1. The Kier molecular flexibility index (Phi) is 10.5. The van der Waals surface area contributed by atoms with Crippen LogP contribution in [0, 0.1) is 0 Å². The molecule has 1 heterocycles. The Bertz CT molecular complexity index is 349. The van der Waals surface area contributed by atoms with Gasteiger partial charge in [0.25, 0.3) is 0 Å². The Morgan fingerprint density at radius 1 is 1.42 bits per heavy atom. The molecule has 0 unspecified atom stereocenters. The predicted octanol–water partition coefficient (Wildman–Crippen LogP) is 3.73. The number of benzene rings is 1. The van der Waals surface area contributed by atoms with E-state index in [1.807, 2.05) is 19.9 Å². The van der Waals surface area contributed by atoms with Crippen LogP contribution in [-0.4, -0.2) is 19.6 Å². The summed E-state index contributed by atoms with van der Waals surface area (Å²) in [7, 11) is 1.56. The van der Waals surface area contributed by atoms with Crippen LogP contribution in [0.15, 0.2) is 43.0 Å². The van der Waals surface area contributed by atoms with Gasteiger partial charge in [0.15, 0.2) is 0 Å². The molecule has 3 heteroatoms. The zero-order chi connectivity index (χ0) is 14.5. The Hall–Kier alpha value is -1.61. The molecule has 1 aliphatic rings. The molecule has 2 rings (SSSR count). The molecule has 1 amide bonds. The molecule has 1 aromatic carbocycles. The van der Waals surface area contributed by atoms with E-state index in [4.69, 9.17) is 4.74 Å². The van der Waals surface area contributed by atoms with Gasteiger partial charge in [0.05, 0.1) is 6.10 Å². The van der Waals surface area contributed by atoms with Crippen molar-refractivity contribution in [3.63, 3.8) is 0 Å². The molecule has 1 aliphatic heterocycles. The van der Waals surface area contributed by atoms with Crippen LogP contribution in [0.1, 0.15) is 39.8 Å². The zero-order valence-corrected chi connectivity index (χ0v) is 12.2. The molecule has 0 aliphatic carbocycles. The first-order chi connectivity index (χ1) is 9.27. The van der Waals surface area contributed by atoms with Gasteiger partial charge in [-0.15, -0.1) is 0 Å². The summed E-state index contributed by atoms with van der Waals surface area (Å²) in [5.74, 6) is -0.144. The summed E-state index contributed by atoms with van der Waals surface area (Å²) in [5, 5.41) is 2.36. The molecule has 0 bridgehead atoms. The minimum absolute atomic E-state index is 0. The van der Waals surface area contributed by atoms with E-state index in [1.165, 1.54) is 24.5 Å². The lowest BCUT2D eigenvalue weighted by Gasteiger charge is -2.07. The maximum atomic E-state index is 9.95. The number of ether oxygens (including phenoxy) is 1. The van der Waals surface area contributed by atoms with Gasteiger partial charge in [-0.25, -0.2) is 0 Å². The smallest absolute Gasteiger partial charge is 0.243 e. The zero-order valence-electron chi connectivity index (χ0n) is 12.2. The van der Waals surface area contributed by atoms with Crippen LogP contribution >= 0.6 is 0 Å². The lowest BCUT2D eigenvalue weighted by Crippen LogP contribution is -2.13. The number of hydrogen-bond donors (Lipinski definition) is 1. The van der Waals surface area contributed by atoms with Crippen LogP contribution < -0.4 is 5.32 Å². The summed E-state index contributed by atoms with van der Waals surface area (Å²) < 4.78 is 5.54. The monoisotopic (exact) mass is 265 g/mol. The van der Waals surface area contributed by atoms with Crippen molar-refractivity contribution < 1.29 is 11.0 Å². The lowest BCUT2D eigenvalue weighted by atomic mass is 10.1. The molecule has 0 radical (unpaired) electrons. The van der Waals surface area contributed by atoms with Crippen molar-refractivity contribution in [3.05, 3.63) is 48.6 Å². The third kappa shape index (κ3) is 7.42. The summed E-state index contributed by atoms with van der Waals surface area (Å²) in [6, 6.07) is 10.4. The Morgan fingerprint density at radius 2 is 2.05 bits per heavy atom. The minimum atomic E-state index is -0.144. The van der Waals surface area contributed by atoms with Gasteiger partial charge in [-0.2, -0.15) is 0 Å². The van der Waals surface area contributed by atoms with Crippen LogP contribution in [0.3, 0.4) is 0 Å². The number of hydrogen-bond acceptors (Lipinski definition) is 2. The van der Waals surface area contributed by atoms with E-state index < -0.39 is 0 Å². The van der Waals surface area contributed by atoms with Gasteiger partial charge in [0.1, 0.15) is 0 Å². The topological polar surface area (TPSA) is 38.3 Å². The van der Waals surface area contributed by atoms with Gasteiger partial charge in [-0.1, -0.05) is 50.8 Å². The van der Waals surface area contributed by atoms with Crippen LogP contribution in [0.25, 0.3) is 0 Å². The van der Waals surface area contributed by atoms with E-state index in [0.29, 0.717) is 6.10 Å². The second-order valence-corrected chi connectivity index (χ2v) is 3.73. The molecule has 0 aromatic heterocycles. The van der Waals surface area contributed by atoms with Crippen LogP contribution in [-0.2, 0) is 9.53 Å². The fourth-order valence-electron chi connectivity index (χ4n) is 1.61. The van der Waals surface area contributed by atoms with Crippen LogP contribution in [0.5, 0.6) is 0 Å². The number of nitrogens with one attached hydrogen (secondary N) is 1. The van der Waals surface area contributed by atoms with Crippen molar-refractivity contribution in [2.45, 2.75) is 32.8 Å². The molecule has 1 aromatic rings. The van der Waals surface area contributed by atoms with Crippen molar-refractivity contribution in [1.82, 2.24) is 5.32 Å².